The topological polar surface area (TPSA) is 84.9 Å². The van der Waals surface area contributed by atoms with Crippen molar-refractivity contribution in [1.82, 2.24) is 5.32 Å². The van der Waals surface area contributed by atoms with E-state index in [0.717, 1.165) is 14.0 Å². The first-order valence-electron chi connectivity index (χ1n) is 10.1. The van der Waals surface area contributed by atoms with Gasteiger partial charge in [0.1, 0.15) is 12.2 Å². The minimum atomic E-state index is -0.827. The number of hydrogen-bond acceptors (Lipinski definition) is 5. The van der Waals surface area contributed by atoms with Crippen LogP contribution in [-0.2, 0) is 16.2 Å². The summed E-state index contributed by atoms with van der Waals surface area (Å²) in [4.78, 5) is 38.7. The number of nitrogens with zero attached hydrogens (tertiary/aromatic N) is 1. The second kappa shape index (κ2) is 10.3. The summed E-state index contributed by atoms with van der Waals surface area (Å²) in [6, 6.07) is 18.3. The smallest absolute Gasteiger partial charge is 0.335 e. The number of carbonyl (C=O) groups excluding carboxylic acids is 3. The molecule has 1 aliphatic heterocycles. The zero-order valence-electron chi connectivity index (χ0n) is 17.9. The summed E-state index contributed by atoms with van der Waals surface area (Å²) >= 11 is 8.13. The van der Waals surface area contributed by atoms with Crippen LogP contribution in [0.4, 0.5) is 10.5 Å². The highest BCUT2D eigenvalue weighted by Crippen LogP contribution is 2.31. The molecule has 1 heterocycles. The lowest BCUT2D eigenvalue weighted by atomic mass is 10.1. The lowest BCUT2D eigenvalue weighted by Crippen LogP contribution is -2.54. The van der Waals surface area contributed by atoms with Gasteiger partial charge in [0, 0.05) is 8.59 Å². The molecule has 0 bridgehead atoms. The SMILES string of the molecule is COc1cc(/C=C2\C(=O)NC(=O)N(c3ccc(Cl)cc3)C2=O)ccc1OCc1ccc(I)cc1. The fraction of sp³-hybridized carbons (Fsp3) is 0.0800. The summed E-state index contributed by atoms with van der Waals surface area (Å²) in [5, 5.41) is 2.65. The minimum absolute atomic E-state index is 0.191. The van der Waals surface area contributed by atoms with Gasteiger partial charge in [-0.05, 0) is 88.3 Å². The van der Waals surface area contributed by atoms with Crippen LogP contribution in [0.2, 0.25) is 5.02 Å². The van der Waals surface area contributed by atoms with Crippen molar-refractivity contribution in [2.24, 2.45) is 0 Å². The largest absolute Gasteiger partial charge is 0.493 e. The van der Waals surface area contributed by atoms with Gasteiger partial charge in [0.25, 0.3) is 11.8 Å². The van der Waals surface area contributed by atoms with Gasteiger partial charge < -0.3 is 9.47 Å². The van der Waals surface area contributed by atoms with E-state index in [2.05, 4.69) is 27.9 Å². The maximum Gasteiger partial charge on any atom is 0.335 e. The molecule has 1 saturated heterocycles. The Morgan fingerprint density at radius 2 is 1.68 bits per heavy atom. The molecule has 0 aromatic heterocycles. The number of hydrogen-bond donors (Lipinski definition) is 1. The standard InChI is InChI=1S/C25H18ClIN2O5/c1-33-22-13-16(4-11-21(22)34-14-15-2-7-18(27)8-3-15)12-20-23(30)28-25(32)29(24(20)31)19-9-5-17(26)6-10-19/h2-13H,14H2,1H3,(H,28,30,32)/b20-12+. The van der Waals surface area contributed by atoms with E-state index in [4.69, 9.17) is 21.1 Å². The third-order valence-electron chi connectivity index (χ3n) is 4.99. The first kappa shape index (κ1) is 23.8. The molecule has 1 N–H and O–H groups in total. The molecule has 1 fully saturated rings. The molecule has 0 atom stereocenters. The molecule has 4 amide bonds. The quantitative estimate of drug-likeness (QED) is 0.243. The van der Waals surface area contributed by atoms with Gasteiger partial charge in [0.15, 0.2) is 11.5 Å². The van der Waals surface area contributed by atoms with Crippen LogP contribution in [0.25, 0.3) is 6.08 Å². The van der Waals surface area contributed by atoms with E-state index in [1.807, 2.05) is 24.3 Å². The molecular formula is C25H18ClIN2O5. The number of nitrogens with one attached hydrogen (secondary N) is 1. The van der Waals surface area contributed by atoms with Crippen LogP contribution >= 0.6 is 34.2 Å². The fourth-order valence-electron chi connectivity index (χ4n) is 3.28. The Labute approximate surface area is 214 Å². The highest BCUT2D eigenvalue weighted by molar-refractivity contribution is 14.1. The Balaban J connectivity index is 1.58. The van der Waals surface area contributed by atoms with E-state index >= 15 is 0 Å². The number of amides is 4. The van der Waals surface area contributed by atoms with Crippen molar-refractivity contribution in [3.8, 4) is 11.5 Å². The zero-order chi connectivity index (χ0) is 24.2. The molecule has 0 unspecified atom stereocenters. The molecule has 0 aliphatic carbocycles. The zero-order valence-corrected chi connectivity index (χ0v) is 20.8. The highest BCUT2D eigenvalue weighted by Gasteiger charge is 2.36. The predicted octanol–water partition coefficient (Wildman–Crippen LogP) is 5.20. The van der Waals surface area contributed by atoms with Gasteiger partial charge in [-0.25, -0.2) is 9.69 Å². The van der Waals surface area contributed by atoms with E-state index in [1.165, 1.54) is 25.3 Å². The van der Waals surface area contributed by atoms with Gasteiger partial charge in [-0.15, -0.1) is 0 Å². The molecule has 172 valence electrons. The number of ether oxygens (including phenoxy) is 2. The Morgan fingerprint density at radius 3 is 2.35 bits per heavy atom. The molecule has 0 radical (unpaired) electrons. The highest BCUT2D eigenvalue weighted by atomic mass is 127. The van der Waals surface area contributed by atoms with E-state index in [-0.39, 0.29) is 5.57 Å². The fourth-order valence-corrected chi connectivity index (χ4v) is 3.77. The first-order valence-corrected chi connectivity index (χ1v) is 11.5. The maximum atomic E-state index is 13.0. The van der Waals surface area contributed by atoms with E-state index < -0.39 is 17.8 Å². The summed E-state index contributed by atoms with van der Waals surface area (Å²) < 4.78 is 12.5. The Kier molecular flexibility index (Phi) is 7.18. The summed E-state index contributed by atoms with van der Waals surface area (Å²) in [7, 11) is 1.50. The lowest BCUT2D eigenvalue weighted by molar-refractivity contribution is -0.122. The van der Waals surface area contributed by atoms with E-state index in [1.54, 1.807) is 30.3 Å². The van der Waals surface area contributed by atoms with Crippen LogP contribution < -0.4 is 19.7 Å². The molecule has 3 aromatic rings. The van der Waals surface area contributed by atoms with Crippen molar-refractivity contribution in [3.05, 3.63) is 92.0 Å². The second-order valence-electron chi connectivity index (χ2n) is 7.26. The number of carbonyl (C=O) groups is 3. The number of imide groups is 2. The Hall–Kier alpha value is -3.37. The Bertz CT molecular complexity index is 1290. The maximum absolute atomic E-state index is 13.0. The number of urea groups is 1. The average Bonchev–Trinajstić information content (AvgIpc) is 2.83. The average molecular weight is 589 g/mol. The third kappa shape index (κ3) is 5.23. The van der Waals surface area contributed by atoms with Gasteiger partial charge in [-0.3, -0.25) is 14.9 Å². The van der Waals surface area contributed by atoms with E-state index in [0.29, 0.717) is 34.4 Å². The van der Waals surface area contributed by atoms with Crippen LogP contribution in [0.1, 0.15) is 11.1 Å². The molecule has 34 heavy (non-hydrogen) atoms. The number of benzene rings is 3. The first-order chi connectivity index (χ1) is 16.4. The van der Waals surface area contributed by atoms with Gasteiger partial charge in [0.2, 0.25) is 0 Å². The third-order valence-corrected chi connectivity index (χ3v) is 5.96. The van der Waals surface area contributed by atoms with Crippen molar-refractivity contribution in [2.45, 2.75) is 6.61 Å². The summed E-state index contributed by atoms with van der Waals surface area (Å²) in [6.45, 7) is 0.354. The summed E-state index contributed by atoms with van der Waals surface area (Å²) in [5.41, 5.74) is 1.64. The van der Waals surface area contributed by atoms with Crippen LogP contribution in [-0.4, -0.2) is 25.0 Å². The molecule has 9 heteroatoms. The van der Waals surface area contributed by atoms with Crippen molar-refractivity contribution >= 4 is 63.8 Å². The van der Waals surface area contributed by atoms with Crippen molar-refractivity contribution < 1.29 is 23.9 Å². The van der Waals surface area contributed by atoms with Crippen molar-refractivity contribution in [1.29, 1.82) is 0 Å². The molecule has 0 spiro atoms. The minimum Gasteiger partial charge on any atom is -0.493 e. The van der Waals surface area contributed by atoms with Crippen molar-refractivity contribution in [2.75, 3.05) is 12.0 Å². The lowest BCUT2D eigenvalue weighted by Gasteiger charge is -2.26. The van der Waals surface area contributed by atoms with Gasteiger partial charge in [-0.2, -0.15) is 0 Å². The summed E-state index contributed by atoms with van der Waals surface area (Å²) in [5.74, 6) is -0.568. The number of methoxy groups -OCH3 is 1. The summed E-state index contributed by atoms with van der Waals surface area (Å²) in [6.07, 6.45) is 1.40. The second-order valence-corrected chi connectivity index (χ2v) is 8.94. The van der Waals surface area contributed by atoms with Crippen LogP contribution in [0.5, 0.6) is 11.5 Å². The number of halogens is 2. The van der Waals surface area contributed by atoms with E-state index in [9.17, 15) is 14.4 Å². The molecule has 3 aromatic carbocycles. The number of rotatable bonds is 6. The van der Waals surface area contributed by atoms with Crippen LogP contribution in [0.3, 0.4) is 0 Å². The molecular weight excluding hydrogens is 571 g/mol. The normalized spacial score (nSPS) is 14.9. The van der Waals surface area contributed by atoms with Gasteiger partial charge >= 0.3 is 6.03 Å². The molecule has 4 rings (SSSR count). The van der Waals surface area contributed by atoms with Gasteiger partial charge in [0.05, 0.1) is 12.8 Å². The number of barbiturate groups is 1. The Morgan fingerprint density at radius 1 is 0.971 bits per heavy atom. The molecule has 0 saturated carbocycles. The van der Waals surface area contributed by atoms with Crippen molar-refractivity contribution in [3.63, 3.8) is 0 Å². The van der Waals surface area contributed by atoms with Crippen LogP contribution in [0, 0.1) is 3.57 Å². The monoisotopic (exact) mass is 588 g/mol. The molecule has 7 nitrogen and oxygen atoms in total. The predicted molar refractivity (Wildman–Crippen MR) is 137 cm³/mol. The number of anilines is 1. The molecule has 1 aliphatic rings. The van der Waals surface area contributed by atoms with Crippen LogP contribution in [0.15, 0.2) is 72.3 Å². The van der Waals surface area contributed by atoms with Gasteiger partial charge in [-0.1, -0.05) is 29.8 Å².